The predicted molar refractivity (Wildman–Crippen MR) is 57.9 cm³/mol. The lowest BCUT2D eigenvalue weighted by atomic mass is 9.96. The first kappa shape index (κ1) is 10.3. The van der Waals surface area contributed by atoms with Gasteiger partial charge in [-0.1, -0.05) is 38.1 Å². The number of nitrogens with two attached hydrogens (primary N) is 1. The van der Waals surface area contributed by atoms with Crippen LogP contribution in [0.3, 0.4) is 0 Å². The molecule has 1 heteroatoms. The van der Waals surface area contributed by atoms with Crippen molar-refractivity contribution in [2.75, 3.05) is 6.54 Å². The quantitative estimate of drug-likeness (QED) is 0.752. The van der Waals surface area contributed by atoms with E-state index < -0.39 is 0 Å². The van der Waals surface area contributed by atoms with E-state index in [-0.39, 0.29) is 0 Å². The van der Waals surface area contributed by atoms with Gasteiger partial charge in [-0.15, -0.1) is 0 Å². The molecule has 2 N–H and O–H groups in total. The van der Waals surface area contributed by atoms with Crippen LogP contribution in [0.2, 0.25) is 0 Å². The Balaban J connectivity index is 2.67. The lowest BCUT2D eigenvalue weighted by molar-refractivity contribution is 0.690. The molecule has 0 aliphatic heterocycles. The minimum Gasteiger partial charge on any atom is -0.330 e. The van der Waals surface area contributed by atoms with Crippen LogP contribution >= 0.6 is 0 Å². The highest BCUT2D eigenvalue weighted by molar-refractivity contribution is 5.24. The smallest absolute Gasteiger partial charge is 0.00715 e. The molecule has 0 aliphatic rings. The topological polar surface area (TPSA) is 26.0 Å². The van der Waals surface area contributed by atoms with Crippen molar-refractivity contribution in [2.24, 2.45) is 5.73 Å². The summed E-state index contributed by atoms with van der Waals surface area (Å²) in [6.45, 7) is 5.18. The van der Waals surface area contributed by atoms with Gasteiger partial charge in [-0.05, 0) is 36.4 Å². The van der Waals surface area contributed by atoms with Gasteiger partial charge in [0.2, 0.25) is 0 Å². The zero-order valence-electron chi connectivity index (χ0n) is 8.59. The maximum Gasteiger partial charge on any atom is -0.00715 e. The molecule has 0 aromatic heterocycles. The maximum atomic E-state index is 5.52. The highest BCUT2D eigenvalue weighted by Gasteiger charge is 2.03. The average molecular weight is 177 g/mol. The largest absolute Gasteiger partial charge is 0.330 e. The zero-order chi connectivity index (χ0) is 9.68. The lowest BCUT2D eigenvalue weighted by Gasteiger charge is -2.10. The first-order valence-electron chi connectivity index (χ1n) is 5.06. The van der Waals surface area contributed by atoms with Gasteiger partial charge in [0.05, 0.1) is 0 Å². The third-order valence-corrected chi connectivity index (χ3v) is 2.56. The average Bonchev–Trinajstić information content (AvgIpc) is 2.18. The SMILES string of the molecule is CCc1ccc([C@H](C)CCN)cc1. The number of rotatable bonds is 4. The van der Waals surface area contributed by atoms with E-state index in [9.17, 15) is 0 Å². The van der Waals surface area contributed by atoms with Gasteiger partial charge in [-0.2, -0.15) is 0 Å². The summed E-state index contributed by atoms with van der Waals surface area (Å²) < 4.78 is 0. The first-order valence-corrected chi connectivity index (χ1v) is 5.06. The van der Waals surface area contributed by atoms with Gasteiger partial charge in [0.1, 0.15) is 0 Å². The molecule has 0 heterocycles. The molecule has 0 amide bonds. The Morgan fingerprint density at radius 1 is 1.23 bits per heavy atom. The van der Waals surface area contributed by atoms with Gasteiger partial charge in [0, 0.05) is 0 Å². The number of hydrogen-bond donors (Lipinski definition) is 1. The van der Waals surface area contributed by atoms with Crippen LogP contribution in [0.1, 0.15) is 37.3 Å². The van der Waals surface area contributed by atoms with E-state index in [0.717, 1.165) is 19.4 Å². The second-order valence-electron chi connectivity index (χ2n) is 3.57. The number of aryl methyl sites for hydroxylation is 1. The molecule has 1 atom stereocenters. The van der Waals surface area contributed by atoms with E-state index in [1.165, 1.54) is 11.1 Å². The molecule has 1 nitrogen and oxygen atoms in total. The highest BCUT2D eigenvalue weighted by atomic mass is 14.5. The molecule has 0 radical (unpaired) electrons. The molecule has 72 valence electrons. The standard InChI is InChI=1S/C12H19N/c1-3-11-4-6-12(7-5-11)10(2)8-9-13/h4-7,10H,3,8-9,13H2,1-2H3/t10-/m1/s1. The molecule has 0 saturated carbocycles. The van der Waals surface area contributed by atoms with Gasteiger partial charge in [0.25, 0.3) is 0 Å². The second-order valence-corrected chi connectivity index (χ2v) is 3.57. The van der Waals surface area contributed by atoms with Crippen molar-refractivity contribution in [3.05, 3.63) is 35.4 Å². The molecule has 0 saturated heterocycles. The molecular formula is C12H19N. The van der Waals surface area contributed by atoms with Crippen LogP contribution in [0.4, 0.5) is 0 Å². The fourth-order valence-corrected chi connectivity index (χ4v) is 1.50. The van der Waals surface area contributed by atoms with Gasteiger partial charge < -0.3 is 5.73 Å². The molecule has 0 spiro atoms. The Kier molecular flexibility index (Phi) is 3.97. The Morgan fingerprint density at radius 2 is 1.85 bits per heavy atom. The summed E-state index contributed by atoms with van der Waals surface area (Å²) in [4.78, 5) is 0. The van der Waals surface area contributed by atoms with E-state index >= 15 is 0 Å². The van der Waals surface area contributed by atoms with Gasteiger partial charge >= 0.3 is 0 Å². The van der Waals surface area contributed by atoms with Crippen molar-refractivity contribution in [1.29, 1.82) is 0 Å². The second kappa shape index (κ2) is 5.03. The Labute approximate surface area is 81.0 Å². The van der Waals surface area contributed by atoms with Crippen molar-refractivity contribution < 1.29 is 0 Å². The summed E-state index contributed by atoms with van der Waals surface area (Å²) in [7, 11) is 0. The Bertz CT molecular complexity index is 238. The Hall–Kier alpha value is -0.820. The number of hydrogen-bond acceptors (Lipinski definition) is 1. The fourth-order valence-electron chi connectivity index (χ4n) is 1.50. The third kappa shape index (κ3) is 2.85. The third-order valence-electron chi connectivity index (χ3n) is 2.56. The van der Waals surface area contributed by atoms with Crippen LogP contribution in [0.25, 0.3) is 0 Å². The molecule has 0 aliphatic carbocycles. The summed E-state index contributed by atoms with van der Waals surface area (Å²) in [6.07, 6.45) is 2.19. The molecule has 1 aromatic carbocycles. The van der Waals surface area contributed by atoms with Gasteiger partial charge in [-0.3, -0.25) is 0 Å². The van der Waals surface area contributed by atoms with Gasteiger partial charge in [0.15, 0.2) is 0 Å². The summed E-state index contributed by atoms with van der Waals surface area (Å²) in [5, 5.41) is 0. The predicted octanol–water partition coefficient (Wildman–Crippen LogP) is 2.70. The molecule has 1 rings (SSSR count). The van der Waals surface area contributed by atoms with E-state index in [1.54, 1.807) is 0 Å². The van der Waals surface area contributed by atoms with E-state index in [2.05, 4.69) is 38.1 Å². The van der Waals surface area contributed by atoms with E-state index in [1.807, 2.05) is 0 Å². The van der Waals surface area contributed by atoms with Crippen molar-refractivity contribution in [3.63, 3.8) is 0 Å². The van der Waals surface area contributed by atoms with Crippen molar-refractivity contribution in [1.82, 2.24) is 0 Å². The fraction of sp³-hybridized carbons (Fsp3) is 0.500. The maximum absolute atomic E-state index is 5.52. The molecule has 13 heavy (non-hydrogen) atoms. The zero-order valence-corrected chi connectivity index (χ0v) is 8.59. The van der Waals surface area contributed by atoms with Crippen LogP contribution in [-0.2, 0) is 6.42 Å². The van der Waals surface area contributed by atoms with Crippen LogP contribution in [0.5, 0.6) is 0 Å². The lowest BCUT2D eigenvalue weighted by Crippen LogP contribution is -2.04. The number of benzene rings is 1. The summed E-state index contributed by atoms with van der Waals surface area (Å²) in [6, 6.07) is 8.86. The summed E-state index contributed by atoms with van der Waals surface area (Å²) in [5.41, 5.74) is 8.33. The minimum absolute atomic E-state index is 0.593. The van der Waals surface area contributed by atoms with Crippen LogP contribution in [0, 0.1) is 0 Å². The van der Waals surface area contributed by atoms with Crippen molar-refractivity contribution in [2.45, 2.75) is 32.6 Å². The first-order chi connectivity index (χ1) is 6.27. The Morgan fingerprint density at radius 3 is 2.31 bits per heavy atom. The minimum atomic E-state index is 0.593. The highest BCUT2D eigenvalue weighted by Crippen LogP contribution is 2.18. The van der Waals surface area contributed by atoms with Crippen molar-refractivity contribution >= 4 is 0 Å². The molecule has 0 fully saturated rings. The van der Waals surface area contributed by atoms with Gasteiger partial charge in [-0.25, -0.2) is 0 Å². The normalized spacial score (nSPS) is 12.8. The van der Waals surface area contributed by atoms with Crippen molar-refractivity contribution in [3.8, 4) is 0 Å². The van der Waals surface area contributed by atoms with E-state index in [0.29, 0.717) is 5.92 Å². The van der Waals surface area contributed by atoms with Crippen LogP contribution < -0.4 is 5.73 Å². The monoisotopic (exact) mass is 177 g/mol. The summed E-state index contributed by atoms with van der Waals surface area (Å²) in [5.74, 6) is 0.593. The molecule has 0 bridgehead atoms. The molecule has 1 aromatic rings. The van der Waals surface area contributed by atoms with Crippen LogP contribution in [-0.4, -0.2) is 6.54 Å². The molecule has 0 unspecified atom stereocenters. The van der Waals surface area contributed by atoms with E-state index in [4.69, 9.17) is 5.73 Å². The van der Waals surface area contributed by atoms with Crippen LogP contribution in [0.15, 0.2) is 24.3 Å². The molecular weight excluding hydrogens is 158 g/mol. The summed E-state index contributed by atoms with van der Waals surface area (Å²) >= 11 is 0.